The van der Waals surface area contributed by atoms with Crippen molar-refractivity contribution in [2.24, 2.45) is 0 Å². The van der Waals surface area contributed by atoms with Crippen LogP contribution in [0.25, 0.3) is 0 Å². The molecule has 1 amide bonds. The number of carbonyl (C=O) groups is 2. The Balaban J connectivity index is 2.08. The van der Waals surface area contributed by atoms with Gasteiger partial charge >= 0.3 is 0 Å². The van der Waals surface area contributed by atoms with Gasteiger partial charge in [-0.25, -0.2) is 0 Å². The van der Waals surface area contributed by atoms with Crippen LogP contribution in [-0.2, 0) is 5.41 Å². The summed E-state index contributed by atoms with van der Waals surface area (Å²) in [4.78, 5) is 23.9. The van der Waals surface area contributed by atoms with Crippen LogP contribution in [0.2, 0.25) is 0 Å². The predicted octanol–water partition coefficient (Wildman–Crippen LogP) is 5.08. The molecular weight excluding hydrogens is 412 g/mol. The molecule has 2 N–H and O–H groups in total. The SMILES string of the molecule is CC(=O)c1cccc(NC(=S)NC(=O)c2ccc(C(C)(C)C)c(Br)c2)c1. The number of hydrogen-bond acceptors (Lipinski definition) is 3. The molecule has 0 saturated carbocycles. The van der Waals surface area contributed by atoms with Crippen molar-refractivity contribution in [1.29, 1.82) is 0 Å². The normalized spacial score (nSPS) is 11.0. The molecule has 0 aliphatic carbocycles. The van der Waals surface area contributed by atoms with Crippen LogP contribution in [0.3, 0.4) is 0 Å². The van der Waals surface area contributed by atoms with Crippen molar-refractivity contribution < 1.29 is 9.59 Å². The fourth-order valence-electron chi connectivity index (χ4n) is 2.42. The quantitative estimate of drug-likeness (QED) is 0.524. The minimum atomic E-state index is -0.300. The molecule has 0 heterocycles. The van der Waals surface area contributed by atoms with Crippen LogP contribution in [-0.4, -0.2) is 16.8 Å². The Hall–Kier alpha value is -2.05. The number of Topliss-reactive ketones (excluding diaryl/α,β-unsaturated/α-hetero) is 1. The summed E-state index contributed by atoms with van der Waals surface area (Å²) in [6.07, 6.45) is 0. The summed E-state index contributed by atoms with van der Waals surface area (Å²) < 4.78 is 0.880. The number of thiocarbonyl (C=S) groups is 1. The molecule has 0 bridgehead atoms. The summed E-state index contributed by atoms with van der Waals surface area (Å²) in [5.74, 6) is -0.334. The summed E-state index contributed by atoms with van der Waals surface area (Å²) in [7, 11) is 0. The highest BCUT2D eigenvalue weighted by Crippen LogP contribution is 2.30. The maximum atomic E-state index is 12.4. The summed E-state index contributed by atoms with van der Waals surface area (Å²) in [6.45, 7) is 7.83. The van der Waals surface area contributed by atoms with E-state index in [1.165, 1.54) is 6.92 Å². The second kappa shape index (κ2) is 8.10. The Labute approximate surface area is 167 Å². The molecule has 0 atom stereocenters. The molecule has 0 aliphatic heterocycles. The standard InChI is InChI=1S/C20H21BrN2O2S/c1-12(24)13-6-5-7-15(10-13)22-19(26)23-18(25)14-8-9-16(17(21)11-14)20(2,3)4/h5-11H,1-4H3,(H2,22,23,25,26). The van der Waals surface area contributed by atoms with Gasteiger partial charge in [0.15, 0.2) is 10.9 Å². The third kappa shape index (κ3) is 5.22. The van der Waals surface area contributed by atoms with E-state index in [0.29, 0.717) is 16.8 Å². The second-order valence-electron chi connectivity index (χ2n) is 6.99. The fourth-order valence-corrected chi connectivity index (χ4v) is 3.60. The number of carbonyl (C=O) groups excluding carboxylic acids is 2. The number of amides is 1. The van der Waals surface area contributed by atoms with E-state index in [4.69, 9.17) is 12.2 Å². The Morgan fingerprint density at radius 2 is 1.73 bits per heavy atom. The van der Waals surface area contributed by atoms with E-state index >= 15 is 0 Å². The van der Waals surface area contributed by atoms with Crippen LogP contribution in [0.15, 0.2) is 46.9 Å². The largest absolute Gasteiger partial charge is 0.332 e. The number of nitrogens with one attached hydrogen (secondary N) is 2. The molecule has 2 aromatic carbocycles. The number of benzene rings is 2. The molecule has 2 rings (SSSR count). The maximum absolute atomic E-state index is 12.4. The molecule has 2 aromatic rings. The highest BCUT2D eigenvalue weighted by Gasteiger charge is 2.18. The molecule has 0 aromatic heterocycles. The van der Waals surface area contributed by atoms with Gasteiger partial charge in [0, 0.05) is 21.3 Å². The lowest BCUT2D eigenvalue weighted by Gasteiger charge is -2.21. The predicted molar refractivity (Wildman–Crippen MR) is 113 cm³/mol. The van der Waals surface area contributed by atoms with Crippen molar-refractivity contribution in [3.05, 3.63) is 63.6 Å². The zero-order chi connectivity index (χ0) is 19.5. The topological polar surface area (TPSA) is 58.2 Å². The third-order valence-corrected chi connectivity index (χ3v) is 4.65. The number of ketones is 1. The third-order valence-electron chi connectivity index (χ3n) is 3.79. The van der Waals surface area contributed by atoms with Crippen LogP contribution >= 0.6 is 28.1 Å². The Kier molecular flexibility index (Phi) is 6.31. The minimum Gasteiger partial charge on any atom is -0.332 e. The van der Waals surface area contributed by atoms with E-state index in [1.54, 1.807) is 36.4 Å². The number of anilines is 1. The molecule has 4 nitrogen and oxygen atoms in total. The molecule has 6 heteroatoms. The first-order valence-corrected chi connectivity index (χ1v) is 9.31. The van der Waals surface area contributed by atoms with Crippen molar-refractivity contribution >= 4 is 50.6 Å². The lowest BCUT2D eigenvalue weighted by atomic mass is 9.86. The Morgan fingerprint density at radius 1 is 1.04 bits per heavy atom. The number of rotatable bonds is 3. The van der Waals surface area contributed by atoms with Gasteiger partial charge in [-0.05, 0) is 54.4 Å². The molecule has 0 saturated heterocycles. The molecule has 26 heavy (non-hydrogen) atoms. The van der Waals surface area contributed by atoms with Crippen LogP contribution in [0, 0.1) is 0 Å². The molecule has 0 fully saturated rings. The van der Waals surface area contributed by atoms with Gasteiger partial charge < -0.3 is 5.32 Å². The van der Waals surface area contributed by atoms with Gasteiger partial charge in [0.2, 0.25) is 0 Å². The second-order valence-corrected chi connectivity index (χ2v) is 8.25. The van der Waals surface area contributed by atoms with E-state index in [-0.39, 0.29) is 22.2 Å². The Morgan fingerprint density at radius 3 is 2.31 bits per heavy atom. The van der Waals surface area contributed by atoms with Crippen molar-refractivity contribution in [3.8, 4) is 0 Å². The van der Waals surface area contributed by atoms with Crippen LogP contribution < -0.4 is 10.6 Å². The van der Waals surface area contributed by atoms with E-state index in [2.05, 4.69) is 47.3 Å². The molecule has 136 valence electrons. The van der Waals surface area contributed by atoms with Gasteiger partial charge in [-0.1, -0.05) is 54.9 Å². The minimum absolute atomic E-state index is 0.0214. The average Bonchev–Trinajstić information content (AvgIpc) is 2.53. The maximum Gasteiger partial charge on any atom is 0.257 e. The van der Waals surface area contributed by atoms with Gasteiger partial charge in [-0.15, -0.1) is 0 Å². The van der Waals surface area contributed by atoms with Crippen molar-refractivity contribution in [2.45, 2.75) is 33.1 Å². The van der Waals surface area contributed by atoms with Gasteiger partial charge in [-0.2, -0.15) is 0 Å². The van der Waals surface area contributed by atoms with Crippen LogP contribution in [0.1, 0.15) is 54.0 Å². The summed E-state index contributed by atoms with van der Waals surface area (Å²) in [5, 5.41) is 5.75. The van der Waals surface area contributed by atoms with E-state index < -0.39 is 0 Å². The van der Waals surface area contributed by atoms with E-state index in [9.17, 15) is 9.59 Å². The molecule has 0 aliphatic rings. The number of hydrogen-bond donors (Lipinski definition) is 2. The van der Waals surface area contributed by atoms with E-state index in [0.717, 1.165) is 10.0 Å². The first-order chi connectivity index (χ1) is 12.1. The first kappa shape index (κ1) is 20.3. The smallest absolute Gasteiger partial charge is 0.257 e. The van der Waals surface area contributed by atoms with Gasteiger partial charge in [0.1, 0.15) is 0 Å². The Bertz CT molecular complexity index is 872. The lowest BCUT2D eigenvalue weighted by Crippen LogP contribution is -2.34. The first-order valence-electron chi connectivity index (χ1n) is 8.11. The molecule has 0 spiro atoms. The van der Waals surface area contributed by atoms with Crippen LogP contribution in [0.5, 0.6) is 0 Å². The molecule has 0 unspecified atom stereocenters. The average molecular weight is 433 g/mol. The highest BCUT2D eigenvalue weighted by molar-refractivity contribution is 9.10. The fraction of sp³-hybridized carbons (Fsp3) is 0.250. The zero-order valence-electron chi connectivity index (χ0n) is 15.1. The summed E-state index contributed by atoms with van der Waals surface area (Å²) >= 11 is 8.73. The van der Waals surface area contributed by atoms with Gasteiger partial charge in [-0.3, -0.25) is 14.9 Å². The van der Waals surface area contributed by atoms with Crippen molar-refractivity contribution in [1.82, 2.24) is 5.32 Å². The molecular formula is C20H21BrN2O2S. The van der Waals surface area contributed by atoms with Crippen molar-refractivity contribution in [3.63, 3.8) is 0 Å². The van der Waals surface area contributed by atoms with Gasteiger partial charge in [0.05, 0.1) is 0 Å². The monoisotopic (exact) mass is 432 g/mol. The van der Waals surface area contributed by atoms with Gasteiger partial charge in [0.25, 0.3) is 5.91 Å². The van der Waals surface area contributed by atoms with E-state index in [1.807, 2.05) is 6.07 Å². The lowest BCUT2D eigenvalue weighted by molar-refractivity contribution is 0.0975. The molecule has 0 radical (unpaired) electrons. The highest BCUT2D eigenvalue weighted by atomic mass is 79.9. The van der Waals surface area contributed by atoms with Crippen molar-refractivity contribution in [2.75, 3.05) is 5.32 Å². The summed E-state index contributed by atoms with van der Waals surface area (Å²) in [5.41, 5.74) is 2.83. The summed E-state index contributed by atoms with van der Waals surface area (Å²) in [6, 6.07) is 12.4. The zero-order valence-corrected chi connectivity index (χ0v) is 17.5. The van der Waals surface area contributed by atoms with Crippen LogP contribution in [0.4, 0.5) is 5.69 Å². The number of halogens is 1.